The van der Waals surface area contributed by atoms with Crippen LogP contribution in [0.25, 0.3) is 11.1 Å². The highest BCUT2D eigenvalue weighted by molar-refractivity contribution is 6.03. The lowest BCUT2D eigenvalue weighted by Crippen LogP contribution is -2.40. The van der Waals surface area contributed by atoms with E-state index in [0.717, 1.165) is 46.5 Å². The van der Waals surface area contributed by atoms with Crippen LogP contribution in [0.15, 0.2) is 60.7 Å². The van der Waals surface area contributed by atoms with E-state index in [1.165, 1.54) is 0 Å². The lowest BCUT2D eigenvalue weighted by molar-refractivity contribution is -0.120. The molecule has 5 rings (SSSR count). The van der Waals surface area contributed by atoms with Gasteiger partial charge in [0.2, 0.25) is 12.7 Å². The van der Waals surface area contributed by atoms with E-state index in [-0.39, 0.29) is 24.1 Å². The van der Waals surface area contributed by atoms with Gasteiger partial charge in [0.1, 0.15) is 0 Å². The van der Waals surface area contributed by atoms with Gasteiger partial charge in [-0.3, -0.25) is 9.59 Å². The average Bonchev–Trinajstić information content (AvgIpc) is 3.52. The van der Waals surface area contributed by atoms with Crippen LogP contribution in [-0.4, -0.2) is 31.2 Å². The molecule has 0 saturated heterocycles. The lowest BCUT2D eigenvalue weighted by atomic mass is 9.93. The van der Waals surface area contributed by atoms with Crippen LogP contribution in [-0.2, 0) is 10.2 Å². The molecule has 6 nitrogen and oxygen atoms in total. The number of nitrogens with one attached hydrogen (secondary N) is 1. The smallest absolute Gasteiger partial charge is 0.251 e. The van der Waals surface area contributed by atoms with Crippen LogP contribution in [0.3, 0.4) is 0 Å². The molecule has 0 bridgehead atoms. The highest BCUT2D eigenvalue weighted by atomic mass is 16.7. The molecule has 1 N–H and O–H groups in total. The zero-order chi connectivity index (χ0) is 25.7. The largest absolute Gasteiger partial charge is 0.454 e. The number of benzene rings is 3. The molecule has 1 saturated carbocycles. The molecule has 3 aromatic rings. The summed E-state index contributed by atoms with van der Waals surface area (Å²) in [6.45, 7) is 8.14. The average molecular weight is 485 g/mol. The quantitative estimate of drug-likeness (QED) is 0.511. The van der Waals surface area contributed by atoms with Crippen LogP contribution in [0.1, 0.15) is 55.1 Å². The lowest BCUT2D eigenvalue weighted by Gasteiger charge is -2.25. The highest BCUT2D eigenvalue weighted by Gasteiger charge is 2.53. The molecule has 186 valence electrons. The molecular formula is C30H32N2O4. The summed E-state index contributed by atoms with van der Waals surface area (Å²) < 4.78 is 11.0. The van der Waals surface area contributed by atoms with Gasteiger partial charge in [-0.15, -0.1) is 0 Å². The summed E-state index contributed by atoms with van der Waals surface area (Å²) in [5.74, 6) is 1.37. The SMILES string of the molecule is Cc1ccc(N(C)C(=O)C2(c3ccc4c(c3)OCO4)CC2)cc1-c1cccc(C(=O)NC(C)(C)C)c1. The second-order valence-electron chi connectivity index (χ2n) is 10.8. The van der Waals surface area contributed by atoms with E-state index in [0.29, 0.717) is 11.3 Å². The van der Waals surface area contributed by atoms with Crippen molar-refractivity contribution in [1.82, 2.24) is 5.32 Å². The molecule has 0 spiro atoms. The van der Waals surface area contributed by atoms with Crippen molar-refractivity contribution < 1.29 is 19.1 Å². The van der Waals surface area contributed by atoms with Crippen LogP contribution in [0.5, 0.6) is 11.5 Å². The van der Waals surface area contributed by atoms with Crippen LogP contribution in [0.2, 0.25) is 0 Å². The van der Waals surface area contributed by atoms with Crippen molar-refractivity contribution in [3.05, 3.63) is 77.4 Å². The molecule has 3 aromatic carbocycles. The molecule has 1 aliphatic heterocycles. The van der Waals surface area contributed by atoms with Crippen molar-refractivity contribution in [3.8, 4) is 22.6 Å². The van der Waals surface area contributed by atoms with Gasteiger partial charge in [-0.2, -0.15) is 0 Å². The third-order valence-corrected chi connectivity index (χ3v) is 6.92. The Hall–Kier alpha value is -3.80. The van der Waals surface area contributed by atoms with Gasteiger partial charge < -0.3 is 19.7 Å². The Morgan fingerprint density at radius 1 is 0.944 bits per heavy atom. The van der Waals surface area contributed by atoms with Gasteiger partial charge in [-0.1, -0.05) is 24.3 Å². The Labute approximate surface area is 212 Å². The Morgan fingerprint density at radius 3 is 2.42 bits per heavy atom. The number of hydrogen-bond acceptors (Lipinski definition) is 4. The van der Waals surface area contributed by atoms with E-state index in [9.17, 15) is 9.59 Å². The molecule has 36 heavy (non-hydrogen) atoms. The maximum Gasteiger partial charge on any atom is 0.251 e. The predicted octanol–water partition coefficient (Wildman–Crippen LogP) is 5.61. The minimum absolute atomic E-state index is 0.0643. The first-order valence-electron chi connectivity index (χ1n) is 12.3. The van der Waals surface area contributed by atoms with Gasteiger partial charge in [0, 0.05) is 23.8 Å². The van der Waals surface area contributed by atoms with Gasteiger partial charge in [0.15, 0.2) is 11.5 Å². The number of nitrogens with zero attached hydrogens (tertiary/aromatic N) is 1. The number of carbonyl (C=O) groups excluding carboxylic acids is 2. The van der Waals surface area contributed by atoms with Gasteiger partial charge in [0.25, 0.3) is 5.91 Å². The van der Waals surface area contributed by atoms with Crippen LogP contribution in [0.4, 0.5) is 5.69 Å². The Balaban J connectivity index is 1.42. The van der Waals surface area contributed by atoms with E-state index < -0.39 is 5.41 Å². The molecule has 6 heteroatoms. The number of aryl methyl sites for hydroxylation is 1. The Bertz CT molecular complexity index is 1350. The fourth-order valence-corrected chi connectivity index (χ4v) is 4.75. The van der Waals surface area contributed by atoms with E-state index in [1.54, 1.807) is 4.90 Å². The van der Waals surface area contributed by atoms with E-state index in [2.05, 4.69) is 5.32 Å². The van der Waals surface area contributed by atoms with Crippen molar-refractivity contribution in [2.75, 3.05) is 18.7 Å². The standard InChI is InChI=1S/C30H32N2O4/c1-19-9-11-23(17-24(19)20-7-6-8-21(15-20)27(33)31-29(2,3)4)32(5)28(34)30(13-14-30)22-10-12-25-26(16-22)36-18-35-25/h6-12,15-17H,13-14,18H2,1-5H3,(H,31,33). The summed E-state index contributed by atoms with van der Waals surface area (Å²) in [5, 5.41) is 3.02. The summed E-state index contributed by atoms with van der Waals surface area (Å²) >= 11 is 0. The molecular weight excluding hydrogens is 452 g/mol. The molecule has 0 atom stereocenters. The van der Waals surface area contributed by atoms with E-state index in [1.807, 2.05) is 95.4 Å². The van der Waals surface area contributed by atoms with E-state index in [4.69, 9.17) is 9.47 Å². The Kier molecular flexibility index (Phi) is 5.78. The maximum absolute atomic E-state index is 13.7. The number of hydrogen-bond donors (Lipinski definition) is 1. The van der Waals surface area contributed by atoms with Crippen LogP contribution >= 0.6 is 0 Å². The monoisotopic (exact) mass is 484 g/mol. The van der Waals surface area contributed by atoms with Crippen molar-refractivity contribution in [2.24, 2.45) is 0 Å². The molecule has 0 aromatic heterocycles. The number of carbonyl (C=O) groups is 2. The first kappa shape index (κ1) is 23.9. The second-order valence-corrected chi connectivity index (χ2v) is 10.8. The van der Waals surface area contributed by atoms with Gasteiger partial charge >= 0.3 is 0 Å². The minimum atomic E-state index is -0.536. The first-order chi connectivity index (χ1) is 17.1. The zero-order valence-corrected chi connectivity index (χ0v) is 21.5. The maximum atomic E-state index is 13.7. The minimum Gasteiger partial charge on any atom is -0.454 e. The highest BCUT2D eigenvalue weighted by Crippen LogP contribution is 2.52. The summed E-state index contributed by atoms with van der Waals surface area (Å²) in [7, 11) is 1.83. The molecule has 2 amide bonds. The summed E-state index contributed by atoms with van der Waals surface area (Å²) in [5.41, 5.74) is 4.54. The van der Waals surface area contributed by atoms with Crippen molar-refractivity contribution in [1.29, 1.82) is 0 Å². The summed E-state index contributed by atoms with van der Waals surface area (Å²) in [6.07, 6.45) is 1.61. The number of rotatable bonds is 5. The molecule has 0 radical (unpaired) electrons. The molecule has 2 aliphatic rings. The van der Waals surface area contributed by atoms with Crippen molar-refractivity contribution in [2.45, 2.75) is 51.5 Å². The topological polar surface area (TPSA) is 67.9 Å². The zero-order valence-electron chi connectivity index (χ0n) is 21.5. The van der Waals surface area contributed by atoms with Gasteiger partial charge in [-0.25, -0.2) is 0 Å². The number of amides is 2. The molecule has 1 aliphatic carbocycles. The third kappa shape index (κ3) is 4.43. The first-order valence-corrected chi connectivity index (χ1v) is 12.3. The molecule has 0 unspecified atom stereocenters. The predicted molar refractivity (Wildman–Crippen MR) is 141 cm³/mol. The summed E-state index contributed by atoms with van der Waals surface area (Å²) in [6, 6.07) is 19.5. The number of ether oxygens (including phenoxy) is 2. The van der Waals surface area contributed by atoms with Crippen LogP contribution in [0, 0.1) is 6.92 Å². The van der Waals surface area contributed by atoms with Crippen LogP contribution < -0.4 is 19.7 Å². The van der Waals surface area contributed by atoms with Gasteiger partial charge in [0.05, 0.1) is 5.41 Å². The Morgan fingerprint density at radius 2 is 1.69 bits per heavy atom. The van der Waals surface area contributed by atoms with E-state index >= 15 is 0 Å². The number of likely N-dealkylation sites (N-methyl/N-ethyl adjacent to an activating group) is 1. The molecule has 1 fully saturated rings. The summed E-state index contributed by atoms with van der Waals surface area (Å²) in [4.78, 5) is 28.2. The fraction of sp³-hybridized carbons (Fsp3) is 0.333. The second kappa shape index (κ2) is 8.70. The van der Waals surface area contributed by atoms with Gasteiger partial charge in [-0.05, 0) is 99.2 Å². The fourth-order valence-electron chi connectivity index (χ4n) is 4.75. The number of fused-ring (bicyclic) bond motifs is 1. The van der Waals surface area contributed by atoms with Crippen molar-refractivity contribution in [3.63, 3.8) is 0 Å². The van der Waals surface area contributed by atoms with Crippen molar-refractivity contribution >= 4 is 17.5 Å². The number of anilines is 1. The third-order valence-electron chi connectivity index (χ3n) is 6.92. The molecule has 1 heterocycles. The normalized spacial score (nSPS) is 15.4.